The molecule has 752 valence electrons. The van der Waals surface area contributed by atoms with Crippen molar-refractivity contribution in [2.75, 3.05) is 104 Å². The summed E-state index contributed by atoms with van der Waals surface area (Å²) in [6, 6.07) is 28.2. The number of oxazole rings is 3. The van der Waals surface area contributed by atoms with Gasteiger partial charge in [-0.05, 0) is 235 Å². The van der Waals surface area contributed by atoms with Gasteiger partial charge in [0.1, 0.15) is 59.3 Å². The van der Waals surface area contributed by atoms with E-state index in [9.17, 15) is 62.3 Å². The van der Waals surface area contributed by atoms with Crippen molar-refractivity contribution in [3.05, 3.63) is 223 Å². The number of pyridine rings is 3. The van der Waals surface area contributed by atoms with Crippen molar-refractivity contribution in [3.63, 3.8) is 0 Å². The number of carboxylic acid groups (broad SMARTS) is 1. The van der Waals surface area contributed by atoms with Crippen molar-refractivity contribution < 1.29 is 156 Å². The standard InChI is InChI=1S/C32H36N8O7.C32H34N8O7.C29H29N7O7.C3H9NO.CH3.K/c2*1-32(2,3)47-31(45)39(16-19-5-6-19)25-15-21(11-12-34-25)29-36-24(18-46-29)28(43)35-23-17-40(37-26(23)27(33)42)22-9-7-20(8-10-22)30(44)38(4)13-14-41;1-29(2,3)43-28(41)35(13-16-4-5-16)22-12-18(10-11-31-22)26-33-21(15-42-26)25(38)32-20-14-36(34-23(20)24(30)37)19-8-6-17(7-9-19)27(39)40;1-4-2-3-5;;/h7-12,15,17-19,41H,5-6,13-14,16H2,1-4H3,(H2,33,42)(H,35,43);7-12,14-15,17-19H,5-6,13,16H2,1-4H3,(H2,33,42)(H,35,43);6-12,14-16H,4-5,13H2,1-3H3,(H2,30,37)(H,32,38)(H,39,40);4-5H,2-3H2,1H3;1H3;/q;;;;-1;+1. The molecule has 3 aliphatic carbocycles. The Morgan fingerprint density at radius 1 is 0.451 bits per heavy atom. The maximum Gasteiger partial charge on any atom is 1.00 e. The van der Waals surface area contributed by atoms with Crippen molar-refractivity contribution in [1.82, 2.24) is 74.4 Å². The number of primary amides is 3. The third-order valence-corrected chi connectivity index (χ3v) is 20.8. The van der Waals surface area contributed by atoms with Crippen molar-refractivity contribution in [3.8, 4) is 51.4 Å². The molecule has 3 aliphatic rings. The number of aromatic carboxylic acids is 1. The van der Waals surface area contributed by atoms with E-state index in [1.165, 1.54) is 113 Å². The molecule has 9 aromatic heterocycles. The summed E-state index contributed by atoms with van der Waals surface area (Å²) in [6.07, 6.45) is 17.4. The topological polar surface area (TPSA) is 623 Å². The molecule has 144 heavy (non-hydrogen) atoms. The Morgan fingerprint density at radius 2 is 0.743 bits per heavy atom. The zero-order valence-electron chi connectivity index (χ0n) is 81.7. The van der Waals surface area contributed by atoms with Crippen molar-refractivity contribution >= 4 is 112 Å². The summed E-state index contributed by atoms with van der Waals surface area (Å²) in [6.45, 7) is 18.4. The number of ether oxygens (including phenoxy) is 3. The minimum Gasteiger partial charge on any atom is -0.478 e. The molecule has 12 aromatic rings. The summed E-state index contributed by atoms with van der Waals surface area (Å²) < 4.78 is 37.5. The fourth-order valence-electron chi connectivity index (χ4n) is 13.2. The molecule has 3 saturated carbocycles. The third-order valence-electron chi connectivity index (χ3n) is 20.8. The second-order valence-electron chi connectivity index (χ2n) is 36.0. The van der Waals surface area contributed by atoms with Crippen LogP contribution in [0.2, 0.25) is 0 Å². The number of rotatable bonds is 33. The first-order valence-electron chi connectivity index (χ1n) is 44.7. The summed E-state index contributed by atoms with van der Waals surface area (Å²) >= 11 is 0. The van der Waals surface area contributed by atoms with E-state index >= 15 is 0 Å². The fourth-order valence-corrected chi connectivity index (χ4v) is 13.2. The summed E-state index contributed by atoms with van der Waals surface area (Å²) in [7, 11) is 4.89. The Bertz CT molecular complexity index is 6610. The van der Waals surface area contributed by atoms with Gasteiger partial charge in [-0.25, -0.2) is 63.1 Å². The van der Waals surface area contributed by atoms with E-state index in [1.54, 1.807) is 161 Å². The molecule has 15 rings (SSSR count). The molecule has 11 amide bonds. The number of carboxylic acids is 1. The molecular formula is C97H111KN24O22. The number of anilines is 6. The van der Waals surface area contributed by atoms with Crippen molar-refractivity contribution in [2.45, 2.75) is 118 Å². The van der Waals surface area contributed by atoms with Crippen LogP contribution in [-0.4, -0.2) is 253 Å². The van der Waals surface area contributed by atoms with Crippen LogP contribution in [0.4, 0.5) is 48.9 Å². The monoisotopic (exact) mass is 2000 g/mol. The van der Waals surface area contributed by atoms with Crippen LogP contribution in [0.5, 0.6) is 0 Å². The molecule has 0 unspecified atom stereocenters. The van der Waals surface area contributed by atoms with Gasteiger partial charge in [-0.1, -0.05) is 0 Å². The second-order valence-corrected chi connectivity index (χ2v) is 36.0. The summed E-state index contributed by atoms with van der Waals surface area (Å²) in [5, 5.41) is 49.3. The van der Waals surface area contributed by atoms with Crippen LogP contribution in [0.25, 0.3) is 51.4 Å². The van der Waals surface area contributed by atoms with E-state index in [1.807, 2.05) is 0 Å². The van der Waals surface area contributed by atoms with Gasteiger partial charge in [0, 0.05) is 93.2 Å². The molecule has 3 aromatic carbocycles. The normalized spacial score (nSPS) is 12.5. The van der Waals surface area contributed by atoms with Crippen LogP contribution in [-0.2, 0) is 19.0 Å². The van der Waals surface area contributed by atoms with E-state index < -0.39 is 76.5 Å². The molecule has 46 nitrogen and oxygen atoms in total. The molecule has 0 saturated heterocycles. The number of aromatic nitrogens is 12. The Balaban J connectivity index is 0.000000215. The summed E-state index contributed by atoms with van der Waals surface area (Å²) in [4.78, 5) is 195. The Labute approximate surface area is 868 Å². The fraction of sp³-hybridized carbons (Fsp3) is 0.330. The predicted octanol–water partition coefficient (Wildman–Crippen LogP) is 7.96. The maximum atomic E-state index is 13.2. The predicted molar refractivity (Wildman–Crippen MR) is 520 cm³/mol. The van der Waals surface area contributed by atoms with Crippen LogP contribution in [0.15, 0.2) is 178 Å². The van der Waals surface area contributed by atoms with Crippen molar-refractivity contribution in [2.24, 2.45) is 35.0 Å². The molecule has 3 fully saturated rings. The Kier molecular flexibility index (Phi) is 37.5. The average Bonchev–Trinajstić information content (AvgIpc) is 1.67. The number of carbonyl (C=O) groups excluding carboxylic acids is 12. The number of hydrogen-bond donors (Lipinski definition) is 10. The van der Waals surface area contributed by atoms with Crippen LogP contribution in [0, 0.1) is 25.2 Å². The SMILES string of the molecule is CC(C)(C)OC(=O)N(CC1CC1)c1cc(-c2nc(C(=O)Nc3cn(-c4ccc(C(=O)O)cc4)nc3C(N)=O)co2)ccn1.CN(CC=O)C(=O)c1ccc(-n2cc(NC(=O)c3coc(-c4ccnc(N(CC5CC5)C(=O)OC(C)(C)C)c4)n3)c(C(N)=O)n2)cc1.CN(CCO)C(=O)c1ccc(-n2cc(NC(=O)c3coc(-c4ccnc(N(CC5CC5)C(=O)OC(C)(C)C)c4)n3)c(C(N)=O)n2)cc1.CNCCO.[CH3-].[K+]. The molecule has 0 aliphatic heterocycles. The summed E-state index contributed by atoms with van der Waals surface area (Å²) in [5.41, 5.74) is 17.3. The number of nitrogens with zero attached hydrogens (tertiary/aromatic N) is 17. The number of aliphatic hydroxyl groups excluding tert-OH is 2. The number of amides is 11. The largest absolute Gasteiger partial charge is 1.00 e. The van der Waals surface area contributed by atoms with E-state index in [0.717, 1.165) is 51.1 Å². The van der Waals surface area contributed by atoms with Gasteiger partial charge in [-0.15, -0.1) is 0 Å². The molecule has 0 radical (unpaired) electrons. The van der Waals surface area contributed by atoms with Gasteiger partial charge in [0.15, 0.2) is 34.2 Å². The molecule has 0 spiro atoms. The zero-order valence-corrected chi connectivity index (χ0v) is 84.9. The quantitative estimate of drug-likeness (QED) is 0.00806. The smallest absolute Gasteiger partial charge is 0.478 e. The Morgan fingerprint density at radius 3 is 0.986 bits per heavy atom. The first kappa shape index (κ1) is 111. The third kappa shape index (κ3) is 30.6. The summed E-state index contributed by atoms with van der Waals surface area (Å²) in [5.74, 6) is -3.93. The number of benzene rings is 3. The van der Waals surface area contributed by atoms with Gasteiger partial charge in [0.25, 0.3) is 47.3 Å². The van der Waals surface area contributed by atoms with Gasteiger partial charge in [0.05, 0.1) is 78.0 Å². The van der Waals surface area contributed by atoms with Crippen LogP contribution in [0.1, 0.15) is 195 Å². The van der Waals surface area contributed by atoms with Gasteiger partial charge in [0.2, 0.25) is 17.7 Å². The molecular weight excluding hydrogens is 1890 g/mol. The molecule has 0 atom stereocenters. The average molecular weight is 2000 g/mol. The maximum absolute atomic E-state index is 13.2. The van der Waals surface area contributed by atoms with Gasteiger partial charge < -0.3 is 103 Å². The number of hydrogen-bond acceptors (Lipinski definition) is 31. The minimum atomic E-state index is -1.09. The van der Waals surface area contributed by atoms with Crippen LogP contribution >= 0.6 is 0 Å². The molecule has 47 heteroatoms. The zero-order chi connectivity index (χ0) is 103. The van der Waals surface area contributed by atoms with Gasteiger partial charge in [-0.3, -0.25) is 53.1 Å². The van der Waals surface area contributed by atoms with Crippen LogP contribution < -0.4 is 105 Å². The van der Waals surface area contributed by atoms with E-state index in [0.29, 0.717) is 113 Å². The number of likely N-dealkylation sites (N-methyl/N-ethyl adjacent to an activating group) is 3. The number of carbonyl (C=O) groups is 13. The molecule has 0 bridgehead atoms. The van der Waals surface area contributed by atoms with Crippen molar-refractivity contribution in [1.29, 1.82) is 0 Å². The van der Waals surface area contributed by atoms with Gasteiger partial charge in [-0.2, -0.15) is 15.3 Å². The van der Waals surface area contributed by atoms with Gasteiger partial charge >= 0.3 is 75.6 Å². The minimum absolute atomic E-state index is 0. The first-order valence-corrected chi connectivity index (χ1v) is 44.7. The number of aliphatic hydroxyl groups is 2. The first-order chi connectivity index (χ1) is 67.4. The Hall–Kier alpha value is -15.4. The number of aldehydes is 1. The van der Waals surface area contributed by atoms with E-state index in [4.69, 9.17) is 60.0 Å². The molecule has 13 N–H and O–H groups in total. The number of nitrogens with one attached hydrogen (secondary N) is 4. The second kappa shape index (κ2) is 48.9. The molecule has 9 heterocycles. The van der Waals surface area contributed by atoms with E-state index in [-0.39, 0.29) is 171 Å². The van der Waals surface area contributed by atoms with Crippen LogP contribution in [0.3, 0.4) is 0 Å². The number of nitrogens with two attached hydrogens (primary N) is 3. The van der Waals surface area contributed by atoms with E-state index in [2.05, 4.69) is 66.5 Å².